The summed E-state index contributed by atoms with van der Waals surface area (Å²) in [5.41, 5.74) is 3.03. The molecule has 1 amide bonds. The van der Waals surface area contributed by atoms with E-state index in [0.29, 0.717) is 11.7 Å². The summed E-state index contributed by atoms with van der Waals surface area (Å²) in [5.74, 6) is 0.114. The summed E-state index contributed by atoms with van der Waals surface area (Å²) in [6, 6.07) is 11.1. The monoisotopic (exact) mass is 451 g/mol. The van der Waals surface area contributed by atoms with Crippen LogP contribution in [0, 0.1) is 0 Å². The number of carbonyl (C=O) groups excluding carboxylic acids is 1. The van der Waals surface area contributed by atoms with Gasteiger partial charge in [-0.05, 0) is 25.5 Å². The first kappa shape index (κ1) is 21.6. The molecular weight excluding hydrogens is 418 g/mol. The lowest BCUT2D eigenvalue weighted by atomic mass is 10.0. The van der Waals surface area contributed by atoms with Crippen molar-refractivity contribution in [2.45, 2.75) is 44.7 Å². The first-order chi connectivity index (χ1) is 15.7. The molecule has 32 heavy (non-hydrogen) atoms. The highest BCUT2D eigenvalue weighted by molar-refractivity contribution is 7.15. The highest BCUT2D eigenvalue weighted by atomic mass is 32.1. The molecule has 0 unspecified atom stereocenters. The van der Waals surface area contributed by atoms with Gasteiger partial charge in [0.2, 0.25) is 0 Å². The third-order valence-electron chi connectivity index (χ3n) is 6.94. The van der Waals surface area contributed by atoms with Crippen molar-refractivity contribution in [1.29, 1.82) is 0 Å². The lowest BCUT2D eigenvalue weighted by Gasteiger charge is -2.40. The molecule has 4 heterocycles. The summed E-state index contributed by atoms with van der Waals surface area (Å²) in [6.45, 7) is 5.44. The summed E-state index contributed by atoms with van der Waals surface area (Å²) in [4.78, 5) is 26.4. The van der Waals surface area contributed by atoms with Gasteiger partial charge >= 0.3 is 0 Å². The smallest absolute Gasteiger partial charge is 0.274 e. The SMILES string of the molecule is CN1CCN(Cc2c(C(=O)N3CCCCCCC3)nc3sccn23)[C@@H](c2ccccc2)C1. The van der Waals surface area contributed by atoms with Crippen LogP contribution in [0.4, 0.5) is 0 Å². The van der Waals surface area contributed by atoms with E-state index >= 15 is 0 Å². The van der Waals surface area contributed by atoms with Gasteiger partial charge in [-0.2, -0.15) is 0 Å². The fraction of sp³-hybridized carbons (Fsp3) is 0.520. The predicted octanol–water partition coefficient (Wildman–Crippen LogP) is 4.29. The van der Waals surface area contributed by atoms with Crippen molar-refractivity contribution in [3.8, 4) is 0 Å². The molecule has 0 N–H and O–H groups in total. The van der Waals surface area contributed by atoms with E-state index in [1.165, 1.54) is 24.8 Å². The van der Waals surface area contributed by atoms with E-state index in [1.54, 1.807) is 11.3 Å². The maximum Gasteiger partial charge on any atom is 0.274 e. The van der Waals surface area contributed by atoms with Crippen molar-refractivity contribution in [3.63, 3.8) is 0 Å². The predicted molar refractivity (Wildman–Crippen MR) is 129 cm³/mol. The molecule has 0 saturated carbocycles. The van der Waals surface area contributed by atoms with Gasteiger partial charge in [0.05, 0.1) is 5.69 Å². The summed E-state index contributed by atoms with van der Waals surface area (Å²) in [5, 5.41) is 2.06. The summed E-state index contributed by atoms with van der Waals surface area (Å²) < 4.78 is 2.14. The second-order valence-electron chi connectivity index (χ2n) is 9.18. The van der Waals surface area contributed by atoms with E-state index in [-0.39, 0.29) is 5.91 Å². The molecule has 0 spiro atoms. The zero-order valence-electron chi connectivity index (χ0n) is 18.9. The Kier molecular flexibility index (Phi) is 6.57. The molecule has 0 aliphatic carbocycles. The van der Waals surface area contributed by atoms with Gasteiger partial charge in [0.25, 0.3) is 5.91 Å². The summed E-state index contributed by atoms with van der Waals surface area (Å²) >= 11 is 1.61. The van der Waals surface area contributed by atoms with Gasteiger partial charge < -0.3 is 9.80 Å². The van der Waals surface area contributed by atoms with Crippen molar-refractivity contribution < 1.29 is 4.79 Å². The molecule has 2 aliphatic rings. The topological polar surface area (TPSA) is 44.1 Å². The number of likely N-dealkylation sites (tertiary alicyclic amines) is 1. The van der Waals surface area contributed by atoms with Gasteiger partial charge in [0.15, 0.2) is 10.7 Å². The Morgan fingerprint density at radius 3 is 2.56 bits per heavy atom. The fourth-order valence-corrected chi connectivity index (χ4v) is 5.82. The van der Waals surface area contributed by atoms with E-state index in [4.69, 9.17) is 4.98 Å². The van der Waals surface area contributed by atoms with E-state index in [9.17, 15) is 4.79 Å². The van der Waals surface area contributed by atoms with Crippen LogP contribution in [0.25, 0.3) is 4.96 Å². The average Bonchev–Trinajstić information content (AvgIpc) is 3.37. The maximum atomic E-state index is 13.6. The number of piperazine rings is 1. The molecule has 5 rings (SSSR count). The maximum absolute atomic E-state index is 13.6. The molecule has 1 aromatic carbocycles. The van der Waals surface area contributed by atoms with Crippen molar-refractivity contribution in [2.24, 2.45) is 0 Å². The van der Waals surface area contributed by atoms with E-state index in [0.717, 1.165) is 62.8 Å². The molecule has 2 saturated heterocycles. The molecule has 2 fully saturated rings. The number of nitrogens with zero attached hydrogens (tertiary/aromatic N) is 5. The lowest BCUT2D eigenvalue weighted by molar-refractivity contribution is 0.0716. The largest absolute Gasteiger partial charge is 0.337 e. The molecule has 3 aromatic rings. The molecule has 0 bridgehead atoms. The van der Waals surface area contributed by atoms with E-state index in [2.05, 4.69) is 63.2 Å². The van der Waals surface area contributed by atoms with Gasteiger partial charge in [-0.1, -0.05) is 49.6 Å². The lowest BCUT2D eigenvalue weighted by Crippen LogP contribution is -2.46. The van der Waals surface area contributed by atoms with Crippen LogP contribution in [0.3, 0.4) is 0 Å². The Bertz CT molecular complexity index is 1040. The van der Waals surface area contributed by atoms with Gasteiger partial charge in [0.1, 0.15) is 0 Å². The summed E-state index contributed by atoms with van der Waals surface area (Å²) in [7, 11) is 2.19. The van der Waals surface area contributed by atoms with Crippen LogP contribution < -0.4 is 0 Å². The Morgan fingerprint density at radius 1 is 1.03 bits per heavy atom. The molecule has 170 valence electrons. The van der Waals surface area contributed by atoms with Crippen LogP contribution in [0.1, 0.15) is 59.9 Å². The highest BCUT2D eigenvalue weighted by Crippen LogP contribution is 2.29. The van der Waals surface area contributed by atoms with Crippen LogP contribution in [-0.2, 0) is 6.54 Å². The van der Waals surface area contributed by atoms with Gasteiger partial charge in [-0.3, -0.25) is 14.1 Å². The minimum atomic E-state index is 0.114. The number of benzene rings is 1. The Labute approximate surface area is 194 Å². The number of carbonyl (C=O) groups is 1. The van der Waals surface area contributed by atoms with Crippen molar-refractivity contribution in [2.75, 3.05) is 39.8 Å². The number of fused-ring (bicyclic) bond motifs is 1. The number of hydrogen-bond donors (Lipinski definition) is 0. The first-order valence-corrected chi connectivity index (χ1v) is 12.8. The zero-order chi connectivity index (χ0) is 21.9. The molecule has 7 heteroatoms. The molecule has 1 atom stereocenters. The number of amides is 1. The molecule has 2 aliphatic heterocycles. The average molecular weight is 452 g/mol. The van der Waals surface area contributed by atoms with Gasteiger partial charge in [-0.15, -0.1) is 11.3 Å². The van der Waals surface area contributed by atoms with Crippen LogP contribution in [0.5, 0.6) is 0 Å². The van der Waals surface area contributed by atoms with E-state index < -0.39 is 0 Å². The normalized spacial score (nSPS) is 21.5. The van der Waals surface area contributed by atoms with Gasteiger partial charge in [-0.25, -0.2) is 4.98 Å². The standard InChI is InChI=1S/C25H33N5OS/c1-27-14-15-29(21(18-27)20-10-6-5-7-11-20)19-22-23(26-25-30(22)16-17-32-25)24(31)28-12-8-3-2-4-9-13-28/h5-7,10-11,16-17,21H,2-4,8-9,12-15,18-19H2,1H3/t21-/m1/s1. The van der Waals surface area contributed by atoms with Gasteiger partial charge in [0, 0.05) is 56.9 Å². The van der Waals surface area contributed by atoms with Crippen LogP contribution in [-0.4, -0.2) is 69.8 Å². The Balaban J connectivity index is 1.45. The molecule has 6 nitrogen and oxygen atoms in total. The third kappa shape index (κ3) is 4.47. The van der Waals surface area contributed by atoms with Crippen molar-refractivity contribution in [1.82, 2.24) is 24.1 Å². The number of imidazole rings is 1. The number of rotatable bonds is 4. The fourth-order valence-electron chi connectivity index (χ4n) is 5.09. The minimum Gasteiger partial charge on any atom is -0.337 e. The zero-order valence-corrected chi connectivity index (χ0v) is 19.8. The van der Waals surface area contributed by atoms with Crippen molar-refractivity contribution >= 4 is 22.2 Å². The second kappa shape index (κ2) is 9.73. The Morgan fingerprint density at radius 2 is 1.78 bits per heavy atom. The number of likely N-dealkylation sites (N-methyl/N-ethyl adjacent to an activating group) is 1. The second-order valence-corrected chi connectivity index (χ2v) is 10.1. The highest BCUT2D eigenvalue weighted by Gasteiger charge is 2.31. The molecular formula is C25H33N5OS. The van der Waals surface area contributed by atoms with Crippen LogP contribution in [0.15, 0.2) is 41.9 Å². The van der Waals surface area contributed by atoms with Crippen molar-refractivity contribution in [3.05, 3.63) is 58.9 Å². The number of hydrogen-bond acceptors (Lipinski definition) is 5. The third-order valence-corrected chi connectivity index (χ3v) is 7.70. The minimum absolute atomic E-state index is 0.114. The first-order valence-electron chi connectivity index (χ1n) is 11.9. The molecule has 0 radical (unpaired) electrons. The summed E-state index contributed by atoms with van der Waals surface area (Å²) in [6.07, 6.45) is 7.98. The van der Waals surface area contributed by atoms with Crippen LogP contribution >= 0.6 is 11.3 Å². The number of aromatic nitrogens is 2. The Hall–Kier alpha value is -2.22. The van der Waals surface area contributed by atoms with E-state index in [1.807, 2.05) is 4.90 Å². The van der Waals surface area contributed by atoms with Crippen LogP contribution in [0.2, 0.25) is 0 Å². The molecule has 2 aromatic heterocycles. The number of thiazole rings is 1. The quantitative estimate of drug-likeness (QED) is 0.594.